The number of ether oxygens (including phenoxy) is 1. The van der Waals surface area contributed by atoms with Gasteiger partial charge >= 0.3 is 0 Å². The Morgan fingerprint density at radius 3 is 2.12 bits per heavy atom. The van der Waals surface area contributed by atoms with Crippen molar-refractivity contribution in [1.29, 1.82) is 0 Å². The van der Waals surface area contributed by atoms with Gasteiger partial charge in [-0.25, -0.2) is 0 Å². The summed E-state index contributed by atoms with van der Waals surface area (Å²) in [4.78, 5) is 0. The van der Waals surface area contributed by atoms with Crippen molar-refractivity contribution in [3.8, 4) is 16.9 Å². The van der Waals surface area contributed by atoms with E-state index in [0.29, 0.717) is 12.5 Å². The fourth-order valence-electron chi connectivity index (χ4n) is 2.66. The van der Waals surface area contributed by atoms with Crippen LogP contribution >= 0.6 is 15.9 Å². The monoisotopic (exact) mass is 380 g/mol. The third kappa shape index (κ3) is 3.88. The van der Waals surface area contributed by atoms with Gasteiger partial charge in [0.05, 0.1) is 4.47 Å². The second-order valence-electron chi connectivity index (χ2n) is 6.17. The molecule has 3 rings (SSSR count). The third-order valence-electron chi connectivity index (χ3n) is 4.04. The van der Waals surface area contributed by atoms with Gasteiger partial charge in [-0.3, -0.25) is 0 Å². The average molecular weight is 381 g/mol. The molecule has 0 fully saturated rings. The van der Waals surface area contributed by atoms with Gasteiger partial charge in [-0.05, 0) is 50.7 Å². The van der Waals surface area contributed by atoms with Crippen molar-refractivity contribution in [2.45, 2.75) is 26.4 Å². The van der Waals surface area contributed by atoms with E-state index < -0.39 is 0 Å². The predicted molar refractivity (Wildman–Crippen MR) is 104 cm³/mol. The Labute approximate surface area is 152 Å². The molecule has 3 aromatic carbocycles. The zero-order valence-electron chi connectivity index (χ0n) is 14.0. The summed E-state index contributed by atoms with van der Waals surface area (Å²) in [6, 6.07) is 25.1. The minimum Gasteiger partial charge on any atom is -0.487 e. The van der Waals surface area contributed by atoms with Crippen molar-refractivity contribution in [2.75, 3.05) is 0 Å². The molecular formula is C22H21BrO. The van der Waals surface area contributed by atoms with Crippen LogP contribution in [0.15, 0.2) is 77.3 Å². The van der Waals surface area contributed by atoms with Crippen LogP contribution in [0.3, 0.4) is 0 Å². The van der Waals surface area contributed by atoms with Crippen molar-refractivity contribution < 1.29 is 4.74 Å². The maximum Gasteiger partial charge on any atom is 0.141 e. The quantitative estimate of drug-likeness (QED) is 0.471. The summed E-state index contributed by atoms with van der Waals surface area (Å²) >= 11 is 3.71. The van der Waals surface area contributed by atoms with Gasteiger partial charge in [-0.2, -0.15) is 0 Å². The molecule has 0 atom stereocenters. The molecule has 0 heterocycles. The molecule has 0 aromatic heterocycles. The van der Waals surface area contributed by atoms with Crippen LogP contribution in [0.4, 0.5) is 0 Å². The van der Waals surface area contributed by atoms with Crippen molar-refractivity contribution in [2.24, 2.45) is 0 Å². The first-order valence-electron chi connectivity index (χ1n) is 8.20. The Balaban J connectivity index is 2.00. The Hall–Kier alpha value is -2.06. The van der Waals surface area contributed by atoms with E-state index in [-0.39, 0.29) is 0 Å². The lowest BCUT2D eigenvalue weighted by Gasteiger charge is -2.17. The molecule has 0 aliphatic rings. The van der Waals surface area contributed by atoms with Crippen LogP contribution in [0, 0.1) is 0 Å². The fourth-order valence-corrected chi connectivity index (χ4v) is 3.25. The van der Waals surface area contributed by atoms with Gasteiger partial charge in [-0.1, -0.05) is 74.5 Å². The van der Waals surface area contributed by atoms with E-state index in [1.165, 1.54) is 11.1 Å². The largest absolute Gasteiger partial charge is 0.487 e. The van der Waals surface area contributed by atoms with Crippen LogP contribution in [-0.4, -0.2) is 0 Å². The first-order valence-corrected chi connectivity index (χ1v) is 9.00. The standard InChI is InChI=1S/C22H21BrO/c1-16(2)19-13-20(18-11-7-4-8-12-18)22(21(23)14-19)24-15-17-9-5-3-6-10-17/h3-14,16H,15H2,1-2H3. The van der Waals surface area contributed by atoms with Gasteiger partial charge in [-0.15, -0.1) is 0 Å². The Kier molecular flexibility index (Phi) is 5.37. The van der Waals surface area contributed by atoms with Crippen molar-refractivity contribution in [1.82, 2.24) is 0 Å². The van der Waals surface area contributed by atoms with Crippen LogP contribution in [0.2, 0.25) is 0 Å². The molecule has 0 saturated carbocycles. The summed E-state index contributed by atoms with van der Waals surface area (Å²) in [7, 11) is 0. The molecule has 3 aromatic rings. The lowest BCUT2D eigenvalue weighted by Crippen LogP contribution is -1.99. The normalized spacial score (nSPS) is 10.8. The van der Waals surface area contributed by atoms with E-state index in [4.69, 9.17) is 4.74 Å². The fraction of sp³-hybridized carbons (Fsp3) is 0.182. The van der Waals surface area contributed by atoms with Crippen LogP contribution in [0.25, 0.3) is 11.1 Å². The molecule has 1 nitrogen and oxygen atoms in total. The first-order chi connectivity index (χ1) is 11.6. The maximum absolute atomic E-state index is 6.20. The Bertz CT molecular complexity index is 795. The summed E-state index contributed by atoms with van der Waals surface area (Å²) < 4.78 is 7.20. The molecule has 0 aliphatic carbocycles. The smallest absolute Gasteiger partial charge is 0.141 e. The van der Waals surface area contributed by atoms with Crippen molar-refractivity contribution in [3.63, 3.8) is 0 Å². The summed E-state index contributed by atoms with van der Waals surface area (Å²) in [5, 5.41) is 0. The van der Waals surface area contributed by atoms with E-state index in [1.807, 2.05) is 24.3 Å². The van der Waals surface area contributed by atoms with Gasteiger partial charge in [0.2, 0.25) is 0 Å². The molecule has 0 amide bonds. The highest BCUT2D eigenvalue weighted by Crippen LogP contribution is 2.39. The third-order valence-corrected chi connectivity index (χ3v) is 4.63. The molecule has 0 spiro atoms. The number of benzene rings is 3. The van der Waals surface area contributed by atoms with E-state index in [0.717, 1.165) is 21.3 Å². The van der Waals surface area contributed by atoms with E-state index in [2.05, 4.69) is 78.3 Å². The molecule has 0 radical (unpaired) electrons. The van der Waals surface area contributed by atoms with E-state index >= 15 is 0 Å². The number of hydrogen-bond donors (Lipinski definition) is 0. The molecule has 0 N–H and O–H groups in total. The molecule has 122 valence electrons. The lowest BCUT2D eigenvalue weighted by atomic mass is 9.96. The van der Waals surface area contributed by atoms with Gasteiger partial charge in [0, 0.05) is 5.56 Å². The summed E-state index contributed by atoms with van der Waals surface area (Å²) in [5.41, 5.74) is 4.76. The zero-order chi connectivity index (χ0) is 16.9. The minimum absolute atomic E-state index is 0.465. The minimum atomic E-state index is 0.465. The maximum atomic E-state index is 6.20. The van der Waals surface area contributed by atoms with Crippen LogP contribution in [0.1, 0.15) is 30.9 Å². The molecular weight excluding hydrogens is 360 g/mol. The number of rotatable bonds is 5. The van der Waals surface area contributed by atoms with E-state index in [1.54, 1.807) is 0 Å². The molecule has 0 bridgehead atoms. The second-order valence-corrected chi connectivity index (χ2v) is 7.03. The number of hydrogen-bond acceptors (Lipinski definition) is 1. The Morgan fingerprint density at radius 2 is 1.50 bits per heavy atom. The van der Waals surface area contributed by atoms with Gasteiger partial charge in [0.1, 0.15) is 12.4 Å². The molecule has 0 aliphatic heterocycles. The second kappa shape index (κ2) is 7.67. The van der Waals surface area contributed by atoms with Gasteiger partial charge in [0.15, 0.2) is 0 Å². The SMILES string of the molecule is CC(C)c1cc(Br)c(OCc2ccccc2)c(-c2ccccc2)c1. The summed E-state index contributed by atoms with van der Waals surface area (Å²) in [6.45, 7) is 4.97. The predicted octanol–water partition coefficient (Wildman–Crippen LogP) is 6.82. The molecule has 24 heavy (non-hydrogen) atoms. The average Bonchev–Trinajstić information content (AvgIpc) is 2.61. The molecule has 2 heteroatoms. The molecule has 0 saturated heterocycles. The topological polar surface area (TPSA) is 9.23 Å². The van der Waals surface area contributed by atoms with Crippen LogP contribution in [0.5, 0.6) is 5.75 Å². The van der Waals surface area contributed by atoms with Crippen LogP contribution < -0.4 is 4.74 Å². The Morgan fingerprint density at radius 1 is 0.875 bits per heavy atom. The van der Waals surface area contributed by atoms with Crippen molar-refractivity contribution >= 4 is 15.9 Å². The highest BCUT2D eigenvalue weighted by atomic mass is 79.9. The van der Waals surface area contributed by atoms with Gasteiger partial charge < -0.3 is 4.74 Å². The highest BCUT2D eigenvalue weighted by Gasteiger charge is 2.14. The highest BCUT2D eigenvalue weighted by molar-refractivity contribution is 9.10. The zero-order valence-corrected chi connectivity index (χ0v) is 15.6. The van der Waals surface area contributed by atoms with Crippen molar-refractivity contribution in [3.05, 3.63) is 88.4 Å². The first kappa shape index (κ1) is 16.8. The van der Waals surface area contributed by atoms with Crippen LogP contribution in [-0.2, 0) is 6.61 Å². The summed E-state index contributed by atoms with van der Waals surface area (Å²) in [5.74, 6) is 1.36. The van der Waals surface area contributed by atoms with Gasteiger partial charge in [0.25, 0.3) is 0 Å². The summed E-state index contributed by atoms with van der Waals surface area (Å²) in [6.07, 6.45) is 0. The number of halogens is 1. The van der Waals surface area contributed by atoms with E-state index in [9.17, 15) is 0 Å². The molecule has 0 unspecified atom stereocenters. The lowest BCUT2D eigenvalue weighted by molar-refractivity contribution is 0.305.